The molecular weight excluding hydrogens is 829 g/mol. The Hall–Kier alpha value is -6.61. The second-order valence-electron chi connectivity index (χ2n) is 11.3. The molecule has 0 saturated heterocycles. The number of nitrogens with one attached hydrogen (secondary N) is 1. The van der Waals surface area contributed by atoms with E-state index in [1.165, 1.54) is 61.5 Å². The number of hydrogen-bond acceptors (Lipinski definition) is 15. The van der Waals surface area contributed by atoms with Crippen molar-refractivity contribution in [2.45, 2.75) is 23.6 Å². The van der Waals surface area contributed by atoms with Crippen LogP contribution in [0.15, 0.2) is 132 Å². The van der Waals surface area contributed by atoms with Gasteiger partial charge in [-0.05, 0) is 80.6 Å². The van der Waals surface area contributed by atoms with Gasteiger partial charge in [0.05, 0.1) is 49.8 Å². The second kappa shape index (κ2) is 17.5. The number of aromatic nitrogens is 4. The van der Waals surface area contributed by atoms with Crippen molar-refractivity contribution in [1.82, 2.24) is 19.6 Å². The van der Waals surface area contributed by atoms with Gasteiger partial charge in [0, 0.05) is 11.4 Å². The van der Waals surface area contributed by atoms with Gasteiger partial charge in [0.25, 0.3) is 15.7 Å². The summed E-state index contributed by atoms with van der Waals surface area (Å²) in [6.07, 6.45) is 0. The summed E-state index contributed by atoms with van der Waals surface area (Å²) in [4.78, 5) is 34.2. The number of H-pyrrole nitrogens is 1. The number of carboxylic acids is 2. The van der Waals surface area contributed by atoms with Crippen molar-refractivity contribution in [3.63, 3.8) is 0 Å². The molecule has 2 heterocycles. The molecule has 1 radical (unpaired) electrons. The second-order valence-corrected chi connectivity index (χ2v) is 14.1. The number of carbonyl (C=O) groups excluding carboxylic acids is 1. The third-order valence-electron chi connectivity index (χ3n) is 7.56. The van der Waals surface area contributed by atoms with E-state index in [-0.39, 0.29) is 67.5 Å². The van der Waals surface area contributed by atoms with Crippen LogP contribution < -0.4 is 15.8 Å². The molecule has 0 aliphatic carbocycles. The van der Waals surface area contributed by atoms with Crippen molar-refractivity contribution >= 4 is 54.9 Å². The number of aromatic carboxylic acids is 2. The number of rotatable bonds is 10. The molecule has 0 unspecified atom stereocenters. The van der Waals surface area contributed by atoms with Crippen LogP contribution in [0.2, 0.25) is 0 Å². The first kappa shape index (κ1) is 43.1. The van der Waals surface area contributed by atoms with E-state index in [2.05, 4.69) is 30.7 Å². The molecule has 0 atom stereocenters. The molecule has 6 aromatic rings. The van der Waals surface area contributed by atoms with Gasteiger partial charge < -0.3 is 24.7 Å². The number of benzene rings is 4. The molecule has 6 rings (SSSR count). The third kappa shape index (κ3) is 9.99. The zero-order valence-corrected chi connectivity index (χ0v) is 32.0. The zero-order valence-electron chi connectivity index (χ0n) is 29.1. The molecule has 2 aromatic heterocycles. The Morgan fingerprint density at radius 3 is 1.75 bits per heavy atom. The predicted octanol–water partition coefficient (Wildman–Crippen LogP) is 3.77. The van der Waals surface area contributed by atoms with Crippen LogP contribution in [0.3, 0.4) is 0 Å². The first-order valence-corrected chi connectivity index (χ1v) is 18.4. The van der Waals surface area contributed by atoms with E-state index in [0.717, 1.165) is 33.6 Å². The summed E-state index contributed by atoms with van der Waals surface area (Å²) in [7, 11) is -8.95. The third-order valence-corrected chi connectivity index (χ3v) is 9.28. The summed E-state index contributed by atoms with van der Waals surface area (Å²) in [6.45, 7) is 3.09. The summed E-state index contributed by atoms with van der Waals surface area (Å²) in [6, 6.07) is 21.3. The van der Waals surface area contributed by atoms with Crippen LogP contribution in [-0.4, -0.2) is 62.5 Å². The molecule has 0 aliphatic heterocycles. The maximum absolute atomic E-state index is 12.6. The van der Waals surface area contributed by atoms with Gasteiger partial charge in [-0.2, -0.15) is 13.5 Å². The van der Waals surface area contributed by atoms with Gasteiger partial charge >= 0.3 is 23.3 Å². The number of azo groups is 2. The Morgan fingerprint density at radius 1 is 0.737 bits per heavy atom. The number of nitrogens with zero attached hydrogens (tertiary/aromatic N) is 7. The van der Waals surface area contributed by atoms with Gasteiger partial charge in [-0.15, -0.1) is 20.5 Å². The average Bonchev–Trinajstić information content (AvgIpc) is 3.61. The fourth-order valence-electron chi connectivity index (χ4n) is 4.83. The number of carbonyl (C=O) groups is 2. The van der Waals surface area contributed by atoms with Crippen LogP contribution in [-0.2, 0) is 37.6 Å². The molecule has 20 nitrogen and oxygen atoms in total. The number of aryl methyl sites for hydroxylation is 2. The monoisotopic (exact) mass is 853 g/mol. The van der Waals surface area contributed by atoms with Crippen LogP contribution in [0.1, 0.15) is 32.1 Å². The molecular formula is C34H25CrN8O12S2. The van der Waals surface area contributed by atoms with E-state index in [1.807, 2.05) is 0 Å². The average molecular weight is 854 g/mol. The minimum Gasteiger partial charge on any atom is -0.857 e. The molecule has 0 bridgehead atoms. The fraction of sp³-hybridized carbons (Fsp3) is 0.0588. The van der Waals surface area contributed by atoms with E-state index in [9.17, 15) is 51.1 Å². The first-order valence-electron chi connectivity index (χ1n) is 15.6. The number of carboxylic acid groups (broad SMARTS) is 2. The van der Waals surface area contributed by atoms with Gasteiger partial charge in [0.1, 0.15) is 21.5 Å². The minimum absolute atomic E-state index is 0. The summed E-state index contributed by atoms with van der Waals surface area (Å²) >= 11 is 0. The summed E-state index contributed by atoms with van der Waals surface area (Å²) < 4.78 is 66.3. The maximum Gasteiger partial charge on any atom is 3.00 e. The van der Waals surface area contributed by atoms with Gasteiger partial charge in [-0.1, -0.05) is 30.3 Å². The van der Waals surface area contributed by atoms with Crippen molar-refractivity contribution in [3.05, 3.63) is 130 Å². The Bertz CT molecular complexity index is 2820. The van der Waals surface area contributed by atoms with E-state index in [4.69, 9.17) is 4.55 Å². The SMILES string of the molecule is Cc1[nH]n(-c2ccc(S(=O)(=O)O)cc2)c(=O)c1N=Nc1ccccc1C(=O)O.Cc1nn(-c2ccc(S(=O)(=O)[O-])cc2)c([O-])c1N=Nc1ccccc1C(=O)[O-].[Cr+3]. The molecule has 291 valence electrons. The summed E-state index contributed by atoms with van der Waals surface area (Å²) in [5, 5.41) is 55.0. The smallest absolute Gasteiger partial charge is 0.857 e. The van der Waals surface area contributed by atoms with Crippen LogP contribution >= 0.6 is 0 Å². The van der Waals surface area contributed by atoms with E-state index < -0.39 is 48.5 Å². The fourth-order valence-corrected chi connectivity index (χ4v) is 5.78. The van der Waals surface area contributed by atoms with Gasteiger partial charge in [0.15, 0.2) is 5.69 Å². The van der Waals surface area contributed by atoms with E-state index >= 15 is 0 Å². The Labute approximate surface area is 332 Å². The number of aromatic amines is 1. The summed E-state index contributed by atoms with van der Waals surface area (Å²) in [5.41, 5.74) is 0.295. The molecule has 0 aliphatic rings. The Balaban J connectivity index is 0.000000248. The standard InChI is InChI=1S/2C17H14N4O6S.Cr/c2*1-10-15(19-18-14-5-3-2-4-13(14)17(23)24)16(22)21(20-10)11-6-8-12(9-7-11)28(25,26)27;/h2-9,22H,1H3,(H,23,24)(H,25,26,27);2-9,20H,1H3,(H,23,24)(H,25,26,27);/q;;+3/p-3. The molecule has 0 saturated carbocycles. The first-order chi connectivity index (χ1) is 26.4. The van der Waals surface area contributed by atoms with Gasteiger partial charge in [-0.3, -0.25) is 14.4 Å². The Kier molecular flexibility index (Phi) is 13.2. The van der Waals surface area contributed by atoms with Gasteiger partial charge in [0.2, 0.25) is 0 Å². The Morgan fingerprint density at radius 2 is 1.23 bits per heavy atom. The zero-order chi connectivity index (χ0) is 40.9. The van der Waals surface area contributed by atoms with E-state index in [0.29, 0.717) is 11.4 Å². The normalized spacial score (nSPS) is 11.6. The molecule has 4 aromatic carbocycles. The largest absolute Gasteiger partial charge is 3.00 e. The predicted molar refractivity (Wildman–Crippen MR) is 189 cm³/mol. The molecule has 0 fully saturated rings. The van der Waals surface area contributed by atoms with Crippen molar-refractivity contribution in [1.29, 1.82) is 0 Å². The number of hydrogen-bond donors (Lipinski definition) is 3. The van der Waals surface area contributed by atoms with Crippen molar-refractivity contribution in [3.8, 4) is 17.3 Å². The molecule has 3 N–H and O–H groups in total. The minimum atomic E-state index is -4.61. The molecule has 0 spiro atoms. The van der Waals surface area contributed by atoms with E-state index in [1.54, 1.807) is 25.1 Å². The van der Waals surface area contributed by atoms with Crippen LogP contribution in [0.4, 0.5) is 22.7 Å². The van der Waals surface area contributed by atoms with Crippen molar-refractivity contribution in [2.24, 2.45) is 20.5 Å². The van der Waals surface area contributed by atoms with Gasteiger partial charge in [-0.25, -0.2) is 22.6 Å². The van der Waals surface area contributed by atoms with Crippen molar-refractivity contribution in [2.75, 3.05) is 0 Å². The molecule has 0 amide bonds. The van der Waals surface area contributed by atoms with Crippen LogP contribution in [0.25, 0.3) is 11.4 Å². The van der Waals surface area contributed by atoms with Crippen LogP contribution in [0.5, 0.6) is 5.88 Å². The maximum atomic E-state index is 12.6. The summed E-state index contributed by atoms with van der Waals surface area (Å²) in [5.74, 6) is -3.25. The quantitative estimate of drug-likeness (QED) is 0.131. The molecule has 23 heteroatoms. The topological polar surface area (TPSA) is 317 Å². The van der Waals surface area contributed by atoms with Crippen LogP contribution in [0, 0.1) is 13.8 Å². The molecule has 57 heavy (non-hydrogen) atoms. The van der Waals surface area contributed by atoms with Crippen molar-refractivity contribution < 1.29 is 68.2 Å².